The molecule has 0 radical (unpaired) electrons. The largest absolute Gasteiger partial charge is 0.345 e. The van der Waals surface area contributed by atoms with E-state index in [4.69, 9.17) is 0 Å². The second-order valence-corrected chi connectivity index (χ2v) is 3.86. The lowest BCUT2D eigenvalue weighted by Gasteiger charge is -2.00. The molecule has 0 bridgehead atoms. The van der Waals surface area contributed by atoms with Crippen LogP contribution < -0.4 is 5.32 Å². The summed E-state index contributed by atoms with van der Waals surface area (Å²) in [6.45, 7) is 6.61. The van der Waals surface area contributed by atoms with E-state index in [2.05, 4.69) is 12.2 Å². The third-order valence-electron chi connectivity index (χ3n) is 2.84. The van der Waals surface area contributed by atoms with Crippen molar-refractivity contribution < 1.29 is 4.39 Å². The molecule has 0 saturated carbocycles. The van der Waals surface area contributed by atoms with E-state index in [1.54, 1.807) is 6.07 Å². The zero-order valence-corrected chi connectivity index (χ0v) is 9.76. The maximum atomic E-state index is 13.7. The van der Waals surface area contributed by atoms with Gasteiger partial charge in [0.15, 0.2) is 0 Å². The van der Waals surface area contributed by atoms with E-state index in [0.717, 1.165) is 30.5 Å². The van der Waals surface area contributed by atoms with Crippen molar-refractivity contribution >= 4 is 10.9 Å². The molecule has 0 atom stereocenters. The van der Waals surface area contributed by atoms with Crippen molar-refractivity contribution in [3.63, 3.8) is 0 Å². The number of aryl methyl sites for hydroxylation is 1. The first-order valence-electron chi connectivity index (χ1n) is 5.74. The maximum absolute atomic E-state index is 13.7. The van der Waals surface area contributed by atoms with Crippen molar-refractivity contribution in [1.29, 1.82) is 0 Å². The topological polar surface area (TPSA) is 17.0 Å². The molecule has 0 saturated heterocycles. The monoisotopic (exact) mass is 220 g/mol. The number of aromatic nitrogens is 1. The van der Waals surface area contributed by atoms with Crippen LogP contribution in [0, 0.1) is 5.82 Å². The minimum Gasteiger partial charge on any atom is -0.345 e. The Labute approximate surface area is 95.1 Å². The van der Waals surface area contributed by atoms with Crippen molar-refractivity contribution in [2.75, 3.05) is 6.54 Å². The van der Waals surface area contributed by atoms with Gasteiger partial charge in [-0.05, 0) is 25.1 Å². The van der Waals surface area contributed by atoms with Gasteiger partial charge in [0.2, 0.25) is 0 Å². The van der Waals surface area contributed by atoms with Gasteiger partial charge in [0.1, 0.15) is 5.82 Å². The van der Waals surface area contributed by atoms with Crippen LogP contribution in [-0.4, -0.2) is 11.1 Å². The predicted octanol–water partition coefficient (Wildman–Crippen LogP) is 2.91. The van der Waals surface area contributed by atoms with Gasteiger partial charge in [-0.25, -0.2) is 4.39 Å². The second kappa shape index (κ2) is 4.66. The van der Waals surface area contributed by atoms with Crippen LogP contribution in [0.15, 0.2) is 24.4 Å². The fourth-order valence-electron chi connectivity index (χ4n) is 2.04. The standard InChI is InChI=1S/C13H17FN2/c1-3-15-8-10-9-16(4-2)13-11(10)6-5-7-12(13)14/h5-7,9,15H,3-4,8H2,1-2H3. The Kier molecular flexibility index (Phi) is 3.25. The van der Waals surface area contributed by atoms with Gasteiger partial charge in [0.05, 0.1) is 5.52 Å². The molecule has 3 heteroatoms. The van der Waals surface area contributed by atoms with Gasteiger partial charge < -0.3 is 9.88 Å². The molecule has 16 heavy (non-hydrogen) atoms. The number of hydrogen-bond acceptors (Lipinski definition) is 1. The molecule has 2 rings (SSSR count). The molecule has 0 fully saturated rings. The van der Waals surface area contributed by atoms with Crippen molar-refractivity contribution in [2.24, 2.45) is 0 Å². The highest BCUT2D eigenvalue weighted by molar-refractivity contribution is 5.84. The summed E-state index contributed by atoms with van der Waals surface area (Å²) >= 11 is 0. The Morgan fingerprint density at radius 2 is 2.12 bits per heavy atom. The van der Waals surface area contributed by atoms with E-state index < -0.39 is 0 Å². The quantitative estimate of drug-likeness (QED) is 0.838. The second-order valence-electron chi connectivity index (χ2n) is 3.86. The van der Waals surface area contributed by atoms with Crippen LogP contribution >= 0.6 is 0 Å². The lowest BCUT2D eigenvalue weighted by molar-refractivity contribution is 0.626. The van der Waals surface area contributed by atoms with Crippen LogP contribution in [0.4, 0.5) is 4.39 Å². The minimum absolute atomic E-state index is 0.137. The molecule has 0 spiro atoms. The third-order valence-corrected chi connectivity index (χ3v) is 2.84. The maximum Gasteiger partial charge on any atom is 0.147 e. The summed E-state index contributed by atoms with van der Waals surface area (Å²) in [6.07, 6.45) is 2.04. The fourth-order valence-corrected chi connectivity index (χ4v) is 2.04. The van der Waals surface area contributed by atoms with E-state index in [-0.39, 0.29) is 5.82 Å². The summed E-state index contributed by atoms with van der Waals surface area (Å²) in [7, 11) is 0. The molecule has 0 aliphatic rings. The fraction of sp³-hybridized carbons (Fsp3) is 0.385. The Balaban J connectivity index is 2.54. The van der Waals surface area contributed by atoms with E-state index in [1.165, 1.54) is 11.6 Å². The normalized spacial score (nSPS) is 11.2. The minimum atomic E-state index is -0.137. The van der Waals surface area contributed by atoms with Crippen molar-refractivity contribution in [3.05, 3.63) is 35.8 Å². The summed E-state index contributed by atoms with van der Waals surface area (Å²) in [5, 5.41) is 4.29. The van der Waals surface area contributed by atoms with E-state index in [9.17, 15) is 4.39 Å². The first kappa shape index (κ1) is 11.1. The SMILES string of the molecule is CCNCc1cn(CC)c2c(F)cccc12. The van der Waals surface area contributed by atoms with E-state index in [0.29, 0.717) is 0 Å². The van der Waals surface area contributed by atoms with Crippen molar-refractivity contribution in [1.82, 2.24) is 9.88 Å². The van der Waals surface area contributed by atoms with Crippen LogP contribution in [-0.2, 0) is 13.1 Å². The van der Waals surface area contributed by atoms with Crippen LogP contribution in [0.2, 0.25) is 0 Å². The zero-order valence-electron chi connectivity index (χ0n) is 9.76. The third kappa shape index (κ3) is 1.83. The number of fused-ring (bicyclic) bond motifs is 1. The highest BCUT2D eigenvalue weighted by Crippen LogP contribution is 2.23. The van der Waals surface area contributed by atoms with Crippen molar-refractivity contribution in [3.8, 4) is 0 Å². The van der Waals surface area contributed by atoms with E-state index >= 15 is 0 Å². The Bertz CT molecular complexity index is 488. The first-order chi connectivity index (χ1) is 7.77. The highest BCUT2D eigenvalue weighted by atomic mass is 19.1. The van der Waals surface area contributed by atoms with Crippen LogP contribution in [0.25, 0.3) is 10.9 Å². The first-order valence-corrected chi connectivity index (χ1v) is 5.74. The molecule has 0 aliphatic carbocycles. The van der Waals surface area contributed by atoms with Gasteiger partial charge in [-0.15, -0.1) is 0 Å². The van der Waals surface area contributed by atoms with Gasteiger partial charge in [0, 0.05) is 24.7 Å². The number of nitrogens with one attached hydrogen (secondary N) is 1. The summed E-state index contributed by atoms with van der Waals surface area (Å²) in [5.41, 5.74) is 1.89. The lowest BCUT2D eigenvalue weighted by atomic mass is 10.1. The van der Waals surface area contributed by atoms with Gasteiger partial charge in [-0.3, -0.25) is 0 Å². The number of hydrogen-bond donors (Lipinski definition) is 1. The molecule has 1 heterocycles. The van der Waals surface area contributed by atoms with Crippen LogP contribution in [0.3, 0.4) is 0 Å². The molecular weight excluding hydrogens is 203 g/mol. The molecule has 86 valence electrons. The average molecular weight is 220 g/mol. The van der Waals surface area contributed by atoms with Gasteiger partial charge >= 0.3 is 0 Å². The van der Waals surface area contributed by atoms with Crippen molar-refractivity contribution in [2.45, 2.75) is 26.9 Å². The van der Waals surface area contributed by atoms with Gasteiger partial charge in [-0.2, -0.15) is 0 Å². The summed E-state index contributed by atoms with van der Waals surface area (Å²) in [6, 6.07) is 5.27. The van der Waals surface area contributed by atoms with E-state index in [1.807, 2.05) is 23.8 Å². The molecule has 1 aromatic carbocycles. The number of nitrogens with zero attached hydrogens (tertiary/aromatic N) is 1. The molecule has 0 aliphatic heterocycles. The lowest BCUT2D eigenvalue weighted by Crippen LogP contribution is -2.11. The molecule has 0 unspecified atom stereocenters. The number of benzene rings is 1. The molecule has 1 aromatic heterocycles. The molecule has 2 aromatic rings. The van der Waals surface area contributed by atoms with Gasteiger partial charge in [-0.1, -0.05) is 19.1 Å². The zero-order chi connectivity index (χ0) is 11.5. The van der Waals surface area contributed by atoms with Gasteiger partial charge in [0.25, 0.3) is 0 Å². The summed E-state index contributed by atoms with van der Waals surface area (Å²) in [5.74, 6) is -0.137. The number of halogens is 1. The predicted molar refractivity (Wildman–Crippen MR) is 65.0 cm³/mol. The molecule has 0 amide bonds. The molecular formula is C13H17FN2. The number of rotatable bonds is 4. The summed E-state index contributed by atoms with van der Waals surface area (Å²) in [4.78, 5) is 0. The number of para-hydroxylation sites is 1. The Hall–Kier alpha value is -1.35. The van der Waals surface area contributed by atoms with Crippen LogP contribution in [0.1, 0.15) is 19.4 Å². The highest BCUT2D eigenvalue weighted by Gasteiger charge is 2.10. The Morgan fingerprint density at radius 3 is 2.81 bits per heavy atom. The van der Waals surface area contributed by atoms with Crippen LogP contribution in [0.5, 0.6) is 0 Å². The smallest absolute Gasteiger partial charge is 0.147 e. The molecule has 2 nitrogen and oxygen atoms in total. The summed E-state index contributed by atoms with van der Waals surface area (Å²) < 4.78 is 15.7. The molecule has 1 N–H and O–H groups in total. The average Bonchev–Trinajstić information content (AvgIpc) is 2.66. The Morgan fingerprint density at radius 1 is 1.31 bits per heavy atom.